The number of aryl methyl sites for hydroxylation is 1. The van der Waals surface area contributed by atoms with Gasteiger partial charge in [0.1, 0.15) is 0 Å². The highest BCUT2D eigenvalue weighted by Crippen LogP contribution is 2.16. The van der Waals surface area contributed by atoms with Crippen molar-refractivity contribution in [2.45, 2.75) is 6.61 Å². The first-order chi connectivity index (χ1) is 12.7. The van der Waals surface area contributed by atoms with Gasteiger partial charge in [0.15, 0.2) is 17.5 Å². The Hall–Kier alpha value is -3.34. The van der Waals surface area contributed by atoms with Gasteiger partial charge in [0.25, 0.3) is 0 Å². The molecule has 0 aliphatic rings. The van der Waals surface area contributed by atoms with Gasteiger partial charge < -0.3 is 9.57 Å². The molecule has 2 aromatic heterocycles. The van der Waals surface area contributed by atoms with Crippen LogP contribution in [0.2, 0.25) is 0 Å². The van der Waals surface area contributed by atoms with E-state index in [4.69, 9.17) is 4.84 Å². The number of carbonyl (C=O) groups excluding carboxylic acids is 1. The smallest absolute Gasteiger partial charge is 0.413 e. The zero-order valence-electron chi connectivity index (χ0n) is 14.0. The Morgan fingerprint density at radius 3 is 2.85 bits per heavy atom. The van der Waals surface area contributed by atoms with Crippen molar-refractivity contribution >= 4 is 28.3 Å². The Morgan fingerprint density at radius 1 is 1.35 bits per heavy atom. The van der Waals surface area contributed by atoms with Crippen molar-refractivity contribution < 1.29 is 14.4 Å². The number of thiazole rings is 1. The summed E-state index contributed by atoms with van der Waals surface area (Å²) in [5.74, 6) is 0.475. The monoisotopic (exact) mass is 373 g/mol. The molecule has 0 spiro atoms. The molecule has 0 aliphatic heterocycles. The summed E-state index contributed by atoms with van der Waals surface area (Å²) in [5.41, 5.74) is 1.94. The number of hydrogen-bond donors (Lipinski definition) is 1. The van der Waals surface area contributed by atoms with Crippen LogP contribution in [0.3, 0.4) is 0 Å². The molecule has 0 bridgehead atoms. The molecule has 3 aromatic rings. The number of methoxy groups -OCH3 is 1. The standard InChI is InChI=1S/C15H15N7O3S/c1-22-13(18-20-21-22)12(10-6-4-3-5-7-10)19-25-8-11-9-26-14(16-11)17-15(23)24-2/h3-7,9H,8H2,1-2H3,(H,16,17,23). The Kier molecular flexibility index (Phi) is 5.49. The van der Waals surface area contributed by atoms with Gasteiger partial charge in [0.2, 0.25) is 5.82 Å². The lowest BCUT2D eigenvalue weighted by molar-refractivity contribution is 0.128. The molecule has 1 amide bonds. The van der Waals surface area contributed by atoms with Gasteiger partial charge in [-0.15, -0.1) is 16.4 Å². The molecule has 10 nitrogen and oxygen atoms in total. The summed E-state index contributed by atoms with van der Waals surface area (Å²) in [6.07, 6.45) is -0.578. The average molecular weight is 373 g/mol. The highest BCUT2D eigenvalue weighted by molar-refractivity contribution is 7.13. The van der Waals surface area contributed by atoms with Crippen molar-refractivity contribution in [2.75, 3.05) is 12.4 Å². The largest absolute Gasteiger partial charge is 0.453 e. The predicted molar refractivity (Wildman–Crippen MR) is 93.8 cm³/mol. The van der Waals surface area contributed by atoms with Crippen molar-refractivity contribution in [3.8, 4) is 0 Å². The summed E-state index contributed by atoms with van der Waals surface area (Å²) in [4.78, 5) is 20.8. The van der Waals surface area contributed by atoms with E-state index in [0.29, 0.717) is 22.4 Å². The molecular formula is C15H15N7O3S. The first-order valence-corrected chi connectivity index (χ1v) is 8.33. The molecule has 11 heteroatoms. The van der Waals surface area contributed by atoms with Crippen LogP contribution < -0.4 is 5.32 Å². The molecule has 1 aromatic carbocycles. The third-order valence-corrected chi connectivity index (χ3v) is 4.00. The molecular weight excluding hydrogens is 358 g/mol. The normalized spacial score (nSPS) is 11.2. The maximum atomic E-state index is 11.2. The van der Waals surface area contributed by atoms with Crippen LogP contribution in [0.5, 0.6) is 0 Å². The molecule has 134 valence electrons. The SMILES string of the molecule is COC(=O)Nc1nc(CON=C(c2ccccc2)c2nnnn2C)cs1. The lowest BCUT2D eigenvalue weighted by Gasteiger charge is -2.05. The van der Waals surface area contributed by atoms with Crippen molar-refractivity contribution in [3.05, 3.63) is 52.8 Å². The van der Waals surface area contributed by atoms with Gasteiger partial charge in [-0.25, -0.2) is 14.5 Å². The third kappa shape index (κ3) is 4.19. The van der Waals surface area contributed by atoms with Crippen molar-refractivity contribution in [1.82, 2.24) is 25.2 Å². The number of rotatable bonds is 6. The molecule has 0 atom stereocenters. The number of tetrazole rings is 1. The number of oxime groups is 1. The summed E-state index contributed by atoms with van der Waals surface area (Å²) < 4.78 is 6.03. The van der Waals surface area contributed by atoms with Crippen LogP contribution in [0.15, 0.2) is 40.9 Å². The van der Waals surface area contributed by atoms with Gasteiger partial charge in [-0.1, -0.05) is 35.5 Å². The quantitative estimate of drug-likeness (QED) is 0.517. The fourth-order valence-corrected chi connectivity index (χ4v) is 2.66. The summed E-state index contributed by atoms with van der Waals surface area (Å²) in [6.45, 7) is 0.126. The van der Waals surface area contributed by atoms with Gasteiger partial charge in [0.05, 0.1) is 12.8 Å². The Labute approximate surface area is 152 Å². The van der Waals surface area contributed by atoms with Gasteiger partial charge in [0, 0.05) is 18.0 Å². The van der Waals surface area contributed by atoms with Crippen molar-refractivity contribution in [2.24, 2.45) is 12.2 Å². The molecule has 3 rings (SSSR count). The molecule has 0 aliphatic carbocycles. The second kappa shape index (κ2) is 8.16. The Morgan fingerprint density at radius 2 is 2.15 bits per heavy atom. The fraction of sp³-hybridized carbons (Fsp3) is 0.200. The van der Waals surface area contributed by atoms with E-state index in [1.165, 1.54) is 23.1 Å². The summed E-state index contributed by atoms with van der Waals surface area (Å²) in [5, 5.41) is 20.3. The van der Waals surface area contributed by atoms with E-state index in [1.54, 1.807) is 12.4 Å². The van der Waals surface area contributed by atoms with Crippen LogP contribution >= 0.6 is 11.3 Å². The summed E-state index contributed by atoms with van der Waals surface area (Å²) in [6, 6.07) is 9.46. The van der Waals surface area contributed by atoms with E-state index >= 15 is 0 Å². The van der Waals surface area contributed by atoms with Crippen molar-refractivity contribution in [1.29, 1.82) is 0 Å². The van der Waals surface area contributed by atoms with Crippen LogP contribution in [0.4, 0.5) is 9.93 Å². The second-order valence-corrected chi connectivity index (χ2v) is 5.82. The van der Waals surface area contributed by atoms with Crippen molar-refractivity contribution in [3.63, 3.8) is 0 Å². The number of amides is 1. The molecule has 26 heavy (non-hydrogen) atoms. The van der Waals surface area contributed by atoms with Gasteiger partial charge in [-0.2, -0.15) is 0 Å². The summed E-state index contributed by atoms with van der Waals surface area (Å²) in [7, 11) is 3.01. The fourth-order valence-electron chi connectivity index (χ4n) is 1.98. The van der Waals surface area contributed by atoms with Gasteiger partial charge >= 0.3 is 6.09 Å². The number of nitrogens with one attached hydrogen (secondary N) is 1. The van der Waals surface area contributed by atoms with Gasteiger partial charge in [-0.05, 0) is 10.4 Å². The predicted octanol–water partition coefficient (Wildman–Crippen LogP) is 1.81. The van der Waals surface area contributed by atoms with Crippen LogP contribution in [-0.2, 0) is 23.2 Å². The highest BCUT2D eigenvalue weighted by atomic mass is 32.1. The number of nitrogens with zero attached hydrogens (tertiary/aromatic N) is 6. The topological polar surface area (TPSA) is 116 Å². The lowest BCUT2D eigenvalue weighted by Crippen LogP contribution is -2.12. The van der Waals surface area contributed by atoms with Gasteiger partial charge in [-0.3, -0.25) is 5.32 Å². The minimum absolute atomic E-state index is 0.126. The summed E-state index contributed by atoms with van der Waals surface area (Å²) >= 11 is 1.26. The lowest BCUT2D eigenvalue weighted by atomic mass is 10.1. The van der Waals surface area contributed by atoms with Crippen LogP contribution in [0, 0.1) is 0 Å². The number of ether oxygens (including phenoxy) is 1. The number of hydrogen-bond acceptors (Lipinski definition) is 9. The molecule has 2 heterocycles. The average Bonchev–Trinajstić information content (AvgIpc) is 3.28. The number of carbonyl (C=O) groups is 1. The van der Waals surface area contributed by atoms with E-state index in [1.807, 2.05) is 30.3 Å². The maximum Gasteiger partial charge on any atom is 0.413 e. The van der Waals surface area contributed by atoms with Crippen LogP contribution in [0.25, 0.3) is 0 Å². The second-order valence-electron chi connectivity index (χ2n) is 4.97. The van der Waals surface area contributed by atoms with Crippen LogP contribution in [-0.4, -0.2) is 44.1 Å². The zero-order chi connectivity index (χ0) is 18.4. The first-order valence-electron chi connectivity index (χ1n) is 7.45. The molecule has 0 radical (unpaired) electrons. The van der Waals surface area contributed by atoms with Crippen LogP contribution in [0.1, 0.15) is 17.1 Å². The first kappa shape index (κ1) is 17.5. The third-order valence-electron chi connectivity index (χ3n) is 3.19. The van der Waals surface area contributed by atoms with E-state index in [0.717, 1.165) is 5.56 Å². The minimum atomic E-state index is -0.578. The minimum Gasteiger partial charge on any atom is -0.453 e. The van der Waals surface area contributed by atoms with E-state index in [-0.39, 0.29) is 6.61 Å². The molecule has 0 fully saturated rings. The molecule has 0 unspecified atom stereocenters. The number of benzene rings is 1. The zero-order valence-corrected chi connectivity index (χ0v) is 14.8. The van der Waals surface area contributed by atoms with E-state index < -0.39 is 6.09 Å². The number of aromatic nitrogens is 5. The number of anilines is 1. The van der Waals surface area contributed by atoms with E-state index in [9.17, 15) is 4.79 Å². The Balaban J connectivity index is 1.74. The maximum absolute atomic E-state index is 11.2. The molecule has 0 saturated carbocycles. The molecule has 0 saturated heterocycles. The van der Waals surface area contributed by atoms with E-state index in [2.05, 4.69) is 35.7 Å². The highest BCUT2D eigenvalue weighted by Gasteiger charge is 2.15. The molecule has 1 N–H and O–H groups in total. The Bertz CT molecular complexity index is 907.